The van der Waals surface area contributed by atoms with Crippen LogP contribution in [0.3, 0.4) is 0 Å². The minimum atomic E-state index is -3.72. The monoisotopic (exact) mass is 546 g/mol. The van der Waals surface area contributed by atoms with Gasteiger partial charge in [-0.05, 0) is 37.1 Å². The van der Waals surface area contributed by atoms with Gasteiger partial charge in [-0.2, -0.15) is 4.31 Å². The van der Waals surface area contributed by atoms with Gasteiger partial charge in [-0.25, -0.2) is 8.42 Å². The van der Waals surface area contributed by atoms with Crippen LogP contribution in [-0.4, -0.2) is 67.0 Å². The first kappa shape index (κ1) is 28.7. The van der Waals surface area contributed by atoms with Gasteiger partial charge in [0.25, 0.3) is 17.5 Å². The number of benzene rings is 2. The molecule has 1 N–H and O–H groups in total. The van der Waals surface area contributed by atoms with Crippen LogP contribution in [0, 0.1) is 10.1 Å². The summed E-state index contributed by atoms with van der Waals surface area (Å²) in [6, 6.07) is 8.23. The van der Waals surface area contributed by atoms with E-state index in [0.717, 1.165) is 4.90 Å². The molecule has 0 radical (unpaired) electrons. The highest BCUT2D eigenvalue weighted by molar-refractivity contribution is 7.89. The molecule has 0 bridgehead atoms. The van der Waals surface area contributed by atoms with Gasteiger partial charge in [0, 0.05) is 32.1 Å². The minimum Gasteiger partial charge on any atom is -0.495 e. The first-order valence-corrected chi connectivity index (χ1v) is 13.6. The minimum absolute atomic E-state index is 0.0164. The Balaban J connectivity index is 1.55. The molecule has 0 unspecified atom stereocenters. The van der Waals surface area contributed by atoms with Crippen LogP contribution in [0.2, 0.25) is 0 Å². The van der Waals surface area contributed by atoms with Gasteiger partial charge in [-0.1, -0.05) is 26.3 Å². The van der Waals surface area contributed by atoms with Crippen LogP contribution in [0.1, 0.15) is 60.2 Å². The normalized spacial score (nSPS) is 13.1. The standard InChI is InChI=1S/C25H30N4O8S/c1-4-27(5-2)38(35,36)17-13-14-21(37-3)19(16-17)26-22(30)12-7-6-8-15-28-24(31)18-10-9-11-20(29(33)34)23(18)25(28)32/h9-11,13-14,16H,4-8,12,15H2,1-3H3,(H,26,30). The number of nitro benzene ring substituents is 1. The van der Waals surface area contributed by atoms with E-state index in [0.29, 0.717) is 38.1 Å². The van der Waals surface area contributed by atoms with E-state index in [2.05, 4.69) is 5.32 Å². The summed E-state index contributed by atoms with van der Waals surface area (Å²) in [6.45, 7) is 4.18. The van der Waals surface area contributed by atoms with Gasteiger partial charge >= 0.3 is 0 Å². The fraction of sp³-hybridized carbons (Fsp3) is 0.400. The molecule has 1 heterocycles. The quantitative estimate of drug-likeness (QED) is 0.173. The van der Waals surface area contributed by atoms with Gasteiger partial charge in [-0.3, -0.25) is 29.4 Å². The lowest BCUT2D eigenvalue weighted by Crippen LogP contribution is -2.30. The van der Waals surface area contributed by atoms with E-state index >= 15 is 0 Å². The van der Waals surface area contributed by atoms with E-state index in [4.69, 9.17) is 4.74 Å². The molecule has 0 aliphatic carbocycles. The molecular weight excluding hydrogens is 516 g/mol. The molecule has 13 heteroatoms. The summed E-state index contributed by atoms with van der Waals surface area (Å²) in [5.41, 5.74) is -0.341. The first-order valence-electron chi connectivity index (χ1n) is 12.2. The topological polar surface area (TPSA) is 156 Å². The summed E-state index contributed by atoms with van der Waals surface area (Å²) in [4.78, 5) is 49.3. The number of anilines is 1. The van der Waals surface area contributed by atoms with Crippen molar-refractivity contribution in [2.45, 2.75) is 44.4 Å². The summed E-state index contributed by atoms with van der Waals surface area (Å²) in [6.07, 6.45) is 1.47. The number of nitrogens with one attached hydrogen (secondary N) is 1. The Morgan fingerprint density at radius 2 is 1.79 bits per heavy atom. The molecule has 3 amide bonds. The SMILES string of the molecule is CCN(CC)S(=O)(=O)c1ccc(OC)c(NC(=O)CCCCCN2C(=O)c3cccc([N+](=O)[O-])c3C2=O)c1. The highest BCUT2D eigenvalue weighted by Crippen LogP contribution is 2.31. The predicted molar refractivity (Wildman–Crippen MR) is 139 cm³/mol. The van der Waals surface area contributed by atoms with Gasteiger partial charge in [0.05, 0.1) is 28.2 Å². The second-order valence-electron chi connectivity index (χ2n) is 8.53. The molecular formula is C25H30N4O8S. The van der Waals surface area contributed by atoms with Crippen LogP contribution >= 0.6 is 0 Å². The average molecular weight is 547 g/mol. The smallest absolute Gasteiger partial charge is 0.282 e. The van der Waals surface area contributed by atoms with Crippen molar-refractivity contribution < 1.29 is 32.5 Å². The maximum atomic E-state index is 12.8. The van der Waals surface area contributed by atoms with E-state index in [1.165, 1.54) is 47.8 Å². The van der Waals surface area contributed by atoms with Crippen molar-refractivity contribution in [1.29, 1.82) is 0 Å². The number of imide groups is 1. The van der Waals surface area contributed by atoms with Crippen molar-refractivity contribution in [3.63, 3.8) is 0 Å². The Hall–Kier alpha value is -3.84. The van der Waals surface area contributed by atoms with Crippen LogP contribution < -0.4 is 10.1 Å². The second-order valence-corrected chi connectivity index (χ2v) is 10.5. The number of fused-ring (bicyclic) bond motifs is 1. The van der Waals surface area contributed by atoms with Crippen molar-refractivity contribution in [3.8, 4) is 5.75 Å². The molecule has 0 aromatic heterocycles. The fourth-order valence-corrected chi connectivity index (χ4v) is 5.76. The number of sulfonamides is 1. The number of ether oxygens (including phenoxy) is 1. The van der Waals surface area contributed by atoms with Gasteiger partial charge in [-0.15, -0.1) is 0 Å². The Morgan fingerprint density at radius 1 is 1.08 bits per heavy atom. The van der Waals surface area contributed by atoms with Gasteiger partial charge < -0.3 is 10.1 Å². The molecule has 0 saturated heterocycles. The zero-order chi connectivity index (χ0) is 28.0. The number of nitrogens with zero attached hydrogens (tertiary/aromatic N) is 3. The van der Waals surface area contributed by atoms with Crippen LogP contribution in [0.5, 0.6) is 5.75 Å². The highest BCUT2D eigenvalue weighted by Gasteiger charge is 2.40. The molecule has 38 heavy (non-hydrogen) atoms. The molecule has 2 aromatic carbocycles. The summed E-state index contributed by atoms with van der Waals surface area (Å²) < 4.78 is 32.3. The third kappa shape index (κ3) is 5.83. The Kier molecular flexibility index (Phi) is 9.17. The second kappa shape index (κ2) is 12.1. The number of rotatable bonds is 13. The van der Waals surface area contributed by atoms with Crippen molar-refractivity contribution in [3.05, 3.63) is 57.6 Å². The third-order valence-electron chi connectivity index (χ3n) is 6.25. The van der Waals surface area contributed by atoms with Crippen LogP contribution in [-0.2, 0) is 14.8 Å². The maximum absolute atomic E-state index is 12.8. The summed E-state index contributed by atoms with van der Waals surface area (Å²) in [5, 5.41) is 13.9. The molecule has 3 rings (SSSR count). The molecule has 0 spiro atoms. The number of methoxy groups -OCH3 is 1. The van der Waals surface area contributed by atoms with E-state index in [1.54, 1.807) is 13.8 Å². The van der Waals surface area contributed by atoms with Gasteiger partial charge in [0.15, 0.2) is 0 Å². The number of amides is 3. The van der Waals surface area contributed by atoms with Crippen LogP contribution in [0.15, 0.2) is 41.3 Å². The molecule has 1 aliphatic heterocycles. The fourth-order valence-electron chi connectivity index (χ4n) is 4.27. The Bertz CT molecular complexity index is 1360. The lowest BCUT2D eigenvalue weighted by molar-refractivity contribution is -0.385. The molecule has 2 aromatic rings. The number of hydrogen-bond acceptors (Lipinski definition) is 8. The number of carbonyl (C=O) groups excluding carboxylic acids is 3. The van der Waals surface area contributed by atoms with E-state index in [9.17, 15) is 32.9 Å². The van der Waals surface area contributed by atoms with Gasteiger partial charge in [0.1, 0.15) is 11.3 Å². The zero-order valence-corrected chi connectivity index (χ0v) is 22.2. The molecule has 0 saturated carbocycles. The zero-order valence-electron chi connectivity index (χ0n) is 21.4. The number of nitro groups is 1. The Morgan fingerprint density at radius 3 is 2.42 bits per heavy atom. The lowest BCUT2D eigenvalue weighted by atomic mass is 10.1. The van der Waals surface area contributed by atoms with E-state index in [-0.39, 0.29) is 40.6 Å². The summed E-state index contributed by atoms with van der Waals surface area (Å²) in [7, 11) is -2.31. The molecule has 0 fully saturated rings. The molecule has 12 nitrogen and oxygen atoms in total. The highest BCUT2D eigenvalue weighted by atomic mass is 32.2. The van der Waals surface area contributed by atoms with E-state index in [1.807, 2.05) is 0 Å². The molecule has 1 aliphatic rings. The third-order valence-corrected chi connectivity index (χ3v) is 8.29. The largest absolute Gasteiger partial charge is 0.495 e. The lowest BCUT2D eigenvalue weighted by Gasteiger charge is -2.19. The van der Waals surface area contributed by atoms with Gasteiger partial charge in [0.2, 0.25) is 15.9 Å². The number of unbranched alkanes of at least 4 members (excludes halogenated alkanes) is 2. The predicted octanol–water partition coefficient (Wildman–Crippen LogP) is 3.43. The van der Waals surface area contributed by atoms with Crippen LogP contribution in [0.4, 0.5) is 11.4 Å². The Labute approximate surface area is 220 Å². The van der Waals surface area contributed by atoms with Crippen molar-refractivity contribution in [2.75, 3.05) is 32.1 Å². The molecule has 0 atom stereocenters. The molecule has 204 valence electrons. The van der Waals surface area contributed by atoms with Crippen molar-refractivity contribution >= 4 is 39.1 Å². The maximum Gasteiger partial charge on any atom is 0.282 e. The first-order chi connectivity index (χ1) is 18.1. The number of carbonyl (C=O) groups is 3. The summed E-state index contributed by atoms with van der Waals surface area (Å²) in [5.74, 6) is -1.30. The van der Waals surface area contributed by atoms with Crippen molar-refractivity contribution in [1.82, 2.24) is 9.21 Å². The van der Waals surface area contributed by atoms with Crippen molar-refractivity contribution in [2.24, 2.45) is 0 Å². The summed E-state index contributed by atoms with van der Waals surface area (Å²) >= 11 is 0. The average Bonchev–Trinajstić information content (AvgIpc) is 3.13. The number of hydrogen-bond donors (Lipinski definition) is 1. The van der Waals surface area contributed by atoms with E-state index < -0.39 is 32.4 Å². The van der Waals surface area contributed by atoms with Crippen LogP contribution in [0.25, 0.3) is 0 Å².